The first kappa shape index (κ1) is 8.63. The number of hydrogen-bond donors (Lipinski definition) is 0. The molecule has 0 aromatic carbocycles. The Kier molecular flexibility index (Phi) is 3.47. The quantitative estimate of drug-likeness (QED) is 0.574. The molecule has 9 heavy (non-hydrogen) atoms. The van der Waals surface area contributed by atoms with E-state index in [2.05, 4.69) is 0 Å². The first-order valence-corrected chi connectivity index (χ1v) is 3.12. The van der Waals surface area contributed by atoms with Crippen molar-refractivity contribution in [2.45, 2.75) is 26.9 Å². The van der Waals surface area contributed by atoms with Gasteiger partial charge < -0.3 is 4.74 Å². The van der Waals surface area contributed by atoms with Crippen LogP contribution in [0.2, 0.25) is 0 Å². The standard InChI is InChI=1S/C7H14O2/c1-5(2)7(9-4)6(3)8/h5,7H,1-4H3/t7-/m0/s1. The lowest BCUT2D eigenvalue weighted by Crippen LogP contribution is -2.25. The maximum atomic E-state index is 10.7. The normalized spacial score (nSPS) is 13.9. The van der Waals surface area contributed by atoms with E-state index in [0.717, 1.165) is 0 Å². The van der Waals surface area contributed by atoms with Crippen molar-refractivity contribution in [2.75, 3.05) is 7.11 Å². The van der Waals surface area contributed by atoms with Gasteiger partial charge in [-0.1, -0.05) is 13.8 Å². The van der Waals surface area contributed by atoms with E-state index < -0.39 is 0 Å². The molecule has 0 fully saturated rings. The number of rotatable bonds is 3. The number of Topliss-reactive ketones (excluding diaryl/α,β-unsaturated/α-hetero) is 1. The van der Waals surface area contributed by atoms with Crippen molar-refractivity contribution < 1.29 is 9.53 Å². The Morgan fingerprint density at radius 2 is 1.89 bits per heavy atom. The second-order valence-corrected chi connectivity index (χ2v) is 2.51. The Morgan fingerprint density at radius 3 is 1.89 bits per heavy atom. The molecular formula is C7H14O2. The second kappa shape index (κ2) is 3.62. The minimum atomic E-state index is -0.218. The molecule has 0 rings (SSSR count). The summed E-state index contributed by atoms with van der Waals surface area (Å²) in [4.78, 5) is 10.7. The zero-order chi connectivity index (χ0) is 7.44. The van der Waals surface area contributed by atoms with Gasteiger partial charge in [0.25, 0.3) is 0 Å². The molecule has 0 heterocycles. The third kappa shape index (κ3) is 2.61. The van der Waals surface area contributed by atoms with E-state index in [-0.39, 0.29) is 17.8 Å². The molecule has 54 valence electrons. The fraction of sp³-hybridized carbons (Fsp3) is 0.857. The SMILES string of the molecule is CO[C@H](C(C)=O)C(C)C. The van der Waals surface area contributed by atoms with Crippen molar-refractivity contribution in [3.63, 3.8) is 0 Å². The van der Waals surface area contributed by atoms with Crippen LogP contribution >= 0.6 is 0 Å². The summed E-state index contributed by atoms with van der Waals surface area (Å²) in [6.07, 6.45) is -0.218. The van der Waals surface area contributed by atoms with Crippen LogP contribution < -0.4 is 0 Å². The first-order valence-electron chi connectivity index (χ1n) is 3.12. The third-order valence-electron chi connectivity index (χ3n) is 1.26. The van der Waals surface area contributed by atoms with Crippen molar-refractivity contribution in [1.29, 1.82) is 0 Å². The van der Waals surface area contributed by atoms with Crippen LogP contribution in [0, 0.1) is 5.92 Å². The molecule has 0 radical (unpaired) electrons. The van der Waals surface area contributed by atoms with Crippen molar-refractivity contribution in [2.24, 2.45) is 5.92 Å². The fourth-order valence-electron chi connectivity index (χ4n) is 0.908. The zero-order valence-electron chi connectivity index (χ0n) is 6.47. The van der Waals surface area contributed by atoms with E-state index in [1.165, 1.54) is 0 Å². The molecule has 0 aliphatic rings. The van der Waals surface area contributed by atoms with Gasteiger partial charge in [0.15, 0.2) is 5.78 Å². The Labute approximate surface area is 56.2 Å². The number of carbonyl (C=O) groups excluding carboxylic acids is 1. The number of hydrogen-bond acceptors (Lipinski definition) is 2. The maximum Gasteiger partial charge on any atom is 0.158 e. The van der Waals surface area contributed by atoms with Crippen LogP contribution in [0.4, 0.5) is 0 Å². The van der Waals surface area contributed by atoms with Crippen LogP contribution in [0.3, 0.4) is 0 Å². The Hall–Kier alpha value is -0.370. The fourth-order valence-corrected chi connectivity index (χ4v) is 0.908. The van der Waals surface area contributed by atoms with Crippen molar-refractivity contribution in [1.82, 2.24) is 0 Å². The van der Waals surface area contributed by atoms with E-state index in [4.69, 9.17) is 4.74 Å². The van der Waals surface area contributed by atoms with Crippen LogP contribution in [0.5, 0.6) is 0 Å². The Bertz CT molecular complexity index is 97.1. The summed E-state index contributed by atoms with van der Waals surface area (Å²) in [5, 5.41) is 0. The van der Waals surface area contributed by atoms with Crippen molar-refractivity contribution in [3.8, 4) is 0 Å². The summed E-state index contributed by atoms with van der Waals surface area (Å²) < 4.78 is 4.92. The average Bonchev–Trinajstić information content (AvgIpc) is 1.64. The van der Waals surface area contributed by atoms with Gasteiger partial charge in [0.1, 0.15) is 6.10 Å². The number of carbonyl (C=O) groups is 1. The van der Waals surface area contributed by atoms with Crippen molar-refractivity contribution >= 4 is 5.78 Å². The van der Waals surface area contributed by atoms with Gasteiger partial charge in [-0.3, -0.25) is 4.79 Å². The van der Waals surface area contributed by atoms with Gasteiger partial charge in [-0.05, 0) is 12.8 Å². The molecule has 0 spiro atoms. The summed E-state index contributed by atoms with van der Waals surface area (Å²) in [5.74, 6) is 0.389. The van der Waals surface area contributed by atoms with Crippen LogP contribution in [0.1, 0.15) is 20.8 Å². The van der Waals surface area contributed by atoms with Gasteiger partial charge in [0.2, 0.25) is 0 Å². The highest BCUT2D eigenvalue weighted by Crippen LogP contribution is 2.05. The molecule has 0 amide bonds. The number of ketones is 1. The van der Waals surface area contributed by atoms with Gasteiger partial charge in [0, 0.05) is 7.11 Å². The number of ether oxygens (including phenoxy) is 1. The third-order valence-corrected chi connectivity index (χ3v) is 1.26. The summed E-state index contributed by atoms with van der Waals surface area (Å²) in [6.45, 7) is 5.49. The summed E-state index contributed by atoms with van der Waals surface area (Å²) in [6, 6.07) is 0. The Balaban J connectivity index is 3.83. The van der Waals surface area contributed by atoms with Crippen LogP contribution in [0.15, 0.2) is 0 Å². The van der Waals surface area contributed by atoms with E-state index >= 15 is 0 Å². The van der Waals surface area contributed by atoms with Gasteiger partial charge in [-0.25, -0.2) is 0 Å². The molecule has 1 atom stereocenters. The predicted octanol–water partition coefficient (Wildman–Crippen LogP) is 1.25. The summed E-state index contributed by atoms with van der Waals surface area (Å²) >= 11 is 0. The zero-order valence-corrected chi connectivity index (χ0v) is 6.47. The predicted molar refractivity (Wildman–Crippen MR) is 36.3 cm³/mol. The minimum absolute atomic E-state index is 0.104. The lowest BCUT2D eigenvalue weighted by atomic mass is 10.0. The average molecular weight is 130 g/mol. The molecule has 0 N–H and O–H groups in total. The van der Waals surface area contributed by atoms with Crippen LogP contribution in [-0.4, -0.2) is 19.0 Å². The highest BCUT2D eigenvalue weighted by molar-refractivity contribution is 5.80. The largest absolute Gasteiger partial charge is 0.373 e. The molecule has 0 aliphatic carbocycles. The lowest BCUT2D eigenvalue weighted by molar-refractivity contribution is -0.128. The summed E-state index contributed by atoms with van der Waals surface area (Å²) in [5.41, 5.74) is 0. The molecule has 2 nitrogen and oxygen atoms in total. The van der Waals surface area contributed by atoms with Gasteiger partial charge >= 0.3 is 0 Å². The van der Waals surface area contributed by atoms with Gasteiger partial charge in [0.05, 0.1) is 0 Å². The smallest absolute Gasteiger partial charge is 0.158 e. The molecule has 0 aromatic rings. The van der Waals surface area contributed by atoms with E-state index in [0.29, 0.717) is 0 Å². The topological polar surface area (TPSA) is 26.3 Å². The monoisotopic (exact) mass is 130 g/mol. The molecule has 0 unspecified atom stereocenters. The maximum absolute atomic E-state index is 10.7. The molecule has 0 aromatic heterocycles. The van der Waals surface area contributed by atoms with E-state index in [9.17, 15) is 4.79 Å². The van der Waals surface area contributed by atoms with Crippen LogP contribution in [-0.2, 0) is 9.53 Å². The van der Waals surface area contributed by atoms with Gasteiger partial charge in [-0.15, -0.1) is 0 Å². The first-order chi connectivity index (χ1) is 4.09. The number of methoxy groups -OCH3 is 1. The molecule has 0 bridgehead atoms. The lowest BCUT2D eigenvalue weighted by Gasteiger charge is -2.14. The molecule has 0 aliphatic heterocycles. The van der Waals surface area contributed by atoms with Crippen molar-refractivity contribution in [3.05, 3.63) is 0 Å². The van der Waals surface area contributed by atoms with E-state index in [1.807, 2.05) is 13.8 Å². The highest BCUT2D eigenvalue weighted by atomic mass is 16.5. The molecule has 0 saturated carbocycles. The minimum Gasteiger partial charge on any atom is -0.373 e. The van der Waals surface area contributed by atoms with E-state index in [1.54, 1.807) is 14.0 Å². The molecule has 0 saturated heterocycles. The molecular weight excluding hydrogens is 116 g/mol. The summed E-state index contributed by atoms with van der Waals surface area (Å²) in [7, 11) is 1.56. The second-order valence-electron chi connectivity index (χ2n) is 2.51. The highest BCUT2D eigenvalue weighted by Gasteiger charge is 2.16. The van der Waals surface area contributed by atoms with Gasteiger partial charge in [-0.2, -0.15) is 0 Å². The Morgan fingerprint density at radius 1 is 1.44 bits per heavy atom. The van der Waals surface area contributed by atoms with Crippen LogP contribution in [0.25, 0.3) is 0 Å². The molecule has 2 heteroatoms.